The normalized spacial score (nSPS) is 13.0. The minimum absolute atomic E-state index is 0.0782. The van der Waals surface area contributed by atoms with Gasteiger partial charge in [-0.2, -0.15) is 0 Å². The van der Waals surface area contributed by atoms with Gasteiger partial charge in [-0.15, -0.1) is 0 Å². The van der Waals surface area contributed by atoms with Gasteiger partial charge in [-0.05, 0) is 196 Å². The number of fused-ring (bicyclic) bond motifs is 4. The number of rotatable bonds is 9. The van der Waals surface area contributed by atoms with Gasteiger partial charge in [-0.1, -0.05) is 253 Å². The van der Waals surface area contributed by atoms with Crippen LogP contribution < -0.4 is 26.2 Å². The van der Waals surface area contributed by atoms with Gasteiger partial charge in [0, 0.05) is 50.8 Å². The van der Waals surface area contributed by atoms with Crippen molar-refractivity contribution in [3.63, 3.8) is 0 Å². The van der Waals surface area contributed by atoms with Crippen molar-refractivity contribution in [2.45, 2.75) is 105 Å². The van der Waals surface area contributed by atoms with E-state index in [1.54, 1.807) is 0 Å². The number of aromatic nitrogens is 2. The first kappa shape index (κ1) is 58.8. The number of anilines is 6. The van der Waals surface area contributed by atoms with E-state index < -0.39 is 0 Å². The van der Waals surface area contributed by atoms with Crippen LogP contribution in [0.5, 0.6) is 0 Å². The molecule has 5 heteroatoms. The third kappa shape index (κ3) is 11.3. The van der Waals surface area contributed by atoms with E-state index in [2.05, 4.69) is 354 Å². The summed E-state index contributed by atoms with van der Waals surface area (Å²) in [6, 6.07) is 96.9. The zero-order valence-electron chi connectivity index (χ0n) is 54.7. The Kier molecular flexibility index (Phi) is 14.6. The molecule has 0 saturated heterocycles. The highest BCUT2D eigenvalue weighted by molar-refractivity contribution is 7.00. The summed E-state index contributed by atoms with van der Waals surface area (Å²) < 4.78 is 0. The van der Waals surface area contributed by atoms with Crippen LogP contribution in [0.15, 0.2) is 261 Å². The summed E-state index contributed by atoms with van der Waals surface area (Å²) in [4.78, 5) is 16.9. The van der Waals surface area contributed by atoms with Crippen molar-refractivity contribution in [1.29, 1.82) is 0 Å². The molecule has 2 aliphatic rings. The summed E-state index contributed by atoms with van der Waals surface area (Å²) in [5, 5.41) is 0. The summed E-state index contributed by atoms with van der Waals surface area (Å²) in [5.74, 6) is 0.642. The summed E-state index contributed by atoms with van der Waals surface area (Å²) >= 11 is 0. The molecule has 0 fully saturated rings. The largest absolute Gasteiger partial charge is 0.311 e. The number of hydrogen-bond acceptors (Lipinski definition) is 4. The maximum absolute atomic E-state index is 5.91. The summed E-state index contributed by atoms with van der Waals surface area (Å²) in [7, 11) is 0. The second kappa shape index (κ2) is 22.6. The van der Waals surface area contributed by atoms with Crippen LogP contribution in [-0.2, 0) is 21.7 Å². The summed E-state index contributed by atoms with van der Waals surface area (Å²) in [6.07, 6.45) is 0. The maximum Gasteiger partial charge on any atom is 0.252 e. The fraction of sp³-hybridized carbons (Fsp3) is 0.186. The van der Waals surface area contributed by atoms with E-state index in [0.717, 1.165) is 95.3 Å². The molecule has 2 aliphatic heterocycles. The molecule has 0 aliphatic carbocycles. The lowest BCUT2D eigenvalue weighted by Crippen LogP contribution is -2.61. The smallest absolute Gasteiger partial charge is 0.252 e. The van der Waals surface area contributed by atoms with Crippen LogP contribution in [0.4, 0.5) is 34.1 Å². The number of para-hydroxylation sites is 2. The second-order valence-corrected chi connectivity index (χ2v) is 29.2. The SMILES string of the molecule is CC(C)(C)c1cc(N2c3ccccc3B3c4ccccc4N(c4cc(C(C)(C)C)cc(C(C)(C)C)c4)c4cc(-c5cc(-c6cc(-c7ccccc7)cc(-c7ccccc7)c6)nc(-c6cc(-c7ccccc7)cc(-c7ccccc7)c6)n5)cc2c43)cc(C(C)(C)C)c1. The van der Waals surface area contributed by atoms with Crippen LogP contribution in [0.25, 0.3) is 78.4 Å². The highest BCUT2D eigenvalue weighted by Crippen LogP contribution is 2.49. The predicted octanol–water partition coefficient (Wildman–Crippen LogP) is 21.4. The Morgan fingerprint density at radius 2 is 0.538 bits per heavy atom. The van der Waals surface area contributed by atoms with Gasteiger partial charge in [-0.25, -0.2) is 9.97 Å². The van der Waals surface area contributed by atoms with Crippen molar-refractivity contribution in [3.8, 4) is 78.4 Å². The zero-order valence-corrected chi connectivity index (χ0v) is 54.7. The van der Waals surface area contributed by atoms with Crippen LogP contribution in [-0.4, -0.2) is 16.7 Å². The molecule has 91 heavy (non-hydrogen) atoms. The Morgan fingerprint density at radius 1 is 0.253 bits per heavy atom. The maximum atomic E-state index is 5.91. The predicted molar refractivity (Wildman–Crippen MR) is 389 cm³/mol. The Balaban J connectivity index is 1.12. The van der Waals surface area contributed by atoms with E-state index in [0.29, 0.717) is 5.82 Å². The van der Waals surface area contributed by atoms with Crippen molar-refractivity contribution in [1.82, 2.24) is 9.97 Å². The van der Waals surface area contributed by atoms with E-state index >= 15 is 0 Å². The molecule has 0 saturated carbocycles. The van der Waals surface area contributed by atoms with E-state index in [9.17, 15) is 0 Å². The first-order valence-electron chi connectivity index (χ1n) is 32.3. The van der Waals surface area contributed by atoms with Crippen LogP contribution >= 0.6 is 0 Å². The van der Waals surface area contributed by atoms with E-state index in [1.807, 2.05) is 0 Å². The van der Waals surface area contributed by atoms with Crippen LogP contribution in [0.2, 0.25) is 0 Å². The van der Waals surface area contributed by atoms with Crippen LogP contribution in [0.3, 0.4) is 0 Å². The molecule has 1 aromatic heterocycles. The van der Waals surface area contributed by atoms with Crippen molar-refractivity contribution in [2.24, 2.45) is 0 Å². The van der Waals surface area contributed by atoms with Gasteiger partial charge in [-0.3, -0.25) is 0 Å². The van der Waals surface area contributed by atoms with Crippen molar-refractivity contribution < 1.29 is 0 Å². The zero-order chi connectivity index (χ0) is 63.1. The first-order valence-corrected chi connectivity index (χ1v) is 32.3. The molecule has 0 unspecified atom stereocenters. The van der Waals surface area contributed by atoms with Crippen LogP contribution in [0, 0.1) is 0 Å². The molecule has 0 bridgehead atoms. The number of hydrogen-bond donors (Lipinski definition) is 0. The Labute approximate surface area is 540 Å². The molecule has 4 nitrogen and oxygen atoms in total. The molecule has 0 radical (unpaired) electrons. The molecule has 3 heterocycles. The second-order valence-electron chi connectivity index (χ2n) is 29.2. The third-order valence-corrected chi connectivity index (χ3v) is 18.6. The minimum atomic E-state index is -0.127. The van der Waals surface area contributed by atoms with Gasteiger partial charge >= 0.3 is 0 Å². The fourth-order valence-corrected chi connectivity index (χ4v) is 13.4. The van der Waals surface area contributed by atoms with Crippen molar-refractivity contribution in [3.05, 3.63) is 283 Å². The molecule has 0 amide bonds. The van der Waals surface area contributed by atoms with Crippen LogP contribution in [0.1, 0.15) is 105 Å². The highest BCUT2D eigenvalue weighted by Gasteiger charge is 2.44. The van der Waals surface area contributed by atoms with E-state index in [-0.39, 0.29) is 28.4 Å². The van der Waals surface area contributed by atoms with E-state index in [4.69, 9.17) is 9.97 Å². The Hall–Kier alpha value is -9.84. The lowest BCUT2D eigenvalue weighted by Gasteiger charge is -2.45. The molecule has 0 spiro atoms. The number of nitrogens with zero attached hydrogens (tertiary/aromatic N) is 4. The Bertz CT molecular complexity index is 4260. The lowest BCUT2D eigenvalue weighted by molar-refractivity contribution is 0.568. The molecule has 0 atom stereocenters. The average molecular weight is 1180 g/mol. The van der Waals surface area contributed by atoms with Gasteiger partial charge in [0.15, 0.2) is 5.82 Å². The average Bonchev–Trinajstić information content (AvgIpc) is 0.699. The van der Waals surface area contributed by atoms with Gasteiger partial charge in [0.05, 0.1) is 11.4 Å². The van der Waals surface area contributed by atoms with Gasteiger partial charge in [0.25, 0.3) is 6.71 Å². The van der Waals surface area contributed by atoms with Crippen molar-refractivity contribution in [2.75, 3.05) is 9.80 Å². The molecule has 446 valence electrons. The quantitative estimate of drug-likeness (QED) is 0.135. The monoisotopic (exact) mass is 1180 g/mol. The van der Waals surface area contributed by atoms with E-state index in [1.165, 1.54) is 50.0 Å². The lowest BCUT2D eigenvalue weighted by atomic mass is 9.33. The minimum Gasteiger partial charge on any atom is -0.311 e. The molecule has 14 rings (SSSR count). The topological polar surface area (TPSA) is 32.3 Å². The number of benzene rings is 11. The molecule has 0 N–H and O–H groups in total. The Morgan fingerprint density at radius 3 is 0.868 bits per heavy atom. The van der Waals surface area contributed by atoms with Gasteiger partial charge < -0.3 is 9.80 Å². The fourth-order valence-electron chi connectivity index (χ4n) is 13.4. The third-order valence-electron chi connectivity index (χ3n) is 18.6. The summed E-state index contributed by atoms with van der Waals surface area (Å²) in [6.45, 7) is 28.0. The first-order chi connectivity index (χ1) is 43.6. The molecular formula is C86H79BN4. The highest BCUT2D eigenvalue weighted by atomic mass is 15.2. The molecule has 12 aromatic rings. The summed E-state index contributed by atoms with van der Waals surface area (Å²) in [5.41, 5.74) is 28.9. The van der Waals surface area contributed by atoms with Crippen molar-refractivity contribution >= 4 is 57.2 Å². The van der Waals surface area contributed by atoms with Gasteiger partial charge in [0.1, 0.15) is 0 Å². The molecule has 11 aromatic carbocycles. The standard InChI is InChI=1S/C86H79BN4/c1-83(2,3)67-49-68(84(4,5)6)52-71(51-67)90-77-39-27-25-37-73(77)87-74-38-26-28-40-78(74)91(72-53-69(85(7,8)9)50-70(54-72)86(10,11)12)80-48-65(47-79(90)81(80)87)76-55-75(64-43-60(56-29-17-13-18-30-56)41-61(44-64)57-31-19-14-20-32-57)88-82(89-76)66-45-62(58-33-21-15-22-34-58)42-63(46-66)59-35-23-16-24-36-59/h13-55H,1-12H3. The molecular weight excluding hydrogens is 1100 g/mol. The van der Waals surface area contributed by atoms with Gasteiger partial charge in [0.2, 0.25) is 0 Å².